The van der Waals surface area contributed by atoms with Crippen molar-refractivity contribution in [2.75, 3.05) is 5.32 Å². The van der Waals surface area contributed by atoms with Crippen molar-refractivity contribution < 1.29 is 9.34 Å². The van der Waals surface area contributed by atoms with E-state index < -0.39 is 4.92 Å². The minimum atomic E-state index is -0.544. The van der Waals surface area contributed by atoms with E-state index >= 15 is 0 Å². The van der Waals surface area contributed by atoms with Crippen LogP contribution in [0.3, 0.4) is 0 Å². The molecule has 8 heteroatoms. The number of rotatable bonds is 6. The zero-order valence-corrected chi connectivity index (χ0v) is 11.5. The molecule has 0 aliphatic carbocycles. The van der Waals surface area contributed by atoms with Gasteiger partial charge in [0.05, 0.1) is 11.2 Å². The van der Waals surface area contributed by atoms with Crippen LogP contribution in [0.15, 0.2) is 29.0 Å². The fourth-order valence-electron chi connectivity index (χ4n) is 1.71. The first-order chi connectivity index (χ1) is 9.56. The Bertz CT molecular complexity index is 588. The molecule has 1 N–H and O–H groups in total. The number of nitrogens with zero attached hydrogens (tertiary/aromatic N) is 3. The molecule has 0 saturated heterocycles. The van der Waals surface area contributed by atoms with E-state index in [2.05, 4.69) is 15.3 Å². The van der Waals surface area contributed by atoms with Gasteiger partial charge in [-0.3, -0.25) is 10.1 Å². The molecular weight excluding hydrogens is 284 g/mol. The Morgan fingerprint density at radius 1 is 1.60 bits per heavy atom. The molecule has 0 saturated carbocycles. The molecule has 1 unspecified atom stereocenters. The number of furan rings is 1. The van der Waals surface area contributed by atoms with Crippen LogP contribution in [-0.2, 0) is 6.42 Å². The van der Waals surface area contributed by atoms with Crippen LogP contribution in [0.4, 0.5) is 11.5 Å². The first kappa shape index (κ1) is 14.3. The lowest BCUT2D eigenvalue weighted by Gasteiger charge is -2.13. The highest BCUT2D eigenvalue weighted by atomic mass is 35.5. The van der Waals surface area contributed by atoms with Gasteiger partial charge in [-0.05, 0) is 37.1 Å². The van der Waals surface area contributed by atoms with Gasteiger partial charge in [-0.1, -0.05) is 0 Å². The minimum absolute atomic E-state index is 0.0234. The Morgan fingerprint density at radius 2 is 2.40 bits per heavy atom. The minimum Gasteiger partial charge on any atom is -0.469 e. The standard InChI is InChI=1S/C12H13ClN4O3/c1-8(4-5-9-3-2-6-20-9)15-11-10(17(18)19)7-14-12(13)16-11/h2-3,6-8H,4-5H2,1H3,(H,14,15,16). The Hall–Kier alpha value is -2.15. The van der Waals surface area contributed by atoms with Crippen molar-refractivity contribution in [3.8, 4) is 0 Å². The van der Waals surface area contributed by atoms with Crippen molar-refractivity contribution in [1.82, 2.24) is 9.97 Å². The molecule has 0 aliphatic heterocycles. The van der Waals surface area contributed by atoms with Crippen LogP contribution in [0, 0.1) is 10.1 Å². The van der Waals surface area contributed by atoms with E-state index in [0.717, 1.165) is 24.8 Å². The number of aryl methyl sites for hydroxylation is 1. The highest BCUT2D eigenvalue weighted by Gasteiger charge is 2.18. The van der Waals surface area contributed by atoms with Crippen LogP contribution >= 0.6 is 11.6 Å². The fraction of sp³-hybridized carbons (Fsp3) is 0.333. The predicted octanol–water partition coefficient (Wildman–Crippen LogP) is 3.06. The third kappa shape index (κ3) is 3.67. The van der Waals surface area contributed by atoms with E-state index in [1.807, 2.05) is 19.1 Å². The number of nitrogens with one attached hydrogen (secondary N) is 1. The van der Waals surface area contributed by atoms with E-state index in [9.17, 15) is 10.1 Å². The summed E-state index contributed by atoms with van der Waals surface area (Å²) in [6, 6.07) is 3.68. The highest BCUT2D eigenvalue weighted by molar-refractivity contribution is 6.28. The molecule has 0 amide bonds. The SMILES string of the molecule is CC(CCc1ccco1)Nc1nc(Cl)ncc1[N+](=O)[O-]. The van der Waals surface area contributed by atoms with Gasteiger partial charge in [0.2, 0.25) is 11.1 Å². The Morgan fingerprint density at radius 3 is 3.05 bits per heavy atom. The van der Waals surface area contributed by atoms with Gasteiger partial charge >= 0.3 is 5.69 Å². The van der Waals surface area contributed by atoms with Crippen molar-refractivity contribution in [1.29, 1.82) is 0 Å². The smallest absolute Gasteiger partial charge is 0.329 e. The second kappa shape index (κ2) is 6.33. The first-order valence-corrected chi connectivity index (χ1v) is 6.40. The Balaban J connectivity index is 2.01. The lowest BCUT2D eigenvalue weighted by atomic mass is 10.1. The van der Waals surface area contributed by atoms with Gasteiger partial charge in [0.15, 0.2) is 0 Å². The van der Waals surface area contributed by atoms with Gasteiger partial charge in [-0.15, -0.1) is 0 Å². The van der Waals surface area contributed by atoms with Crippen molar-refractivity contribution >= 4 is 23.1 Å². The number of anilines is 1. The number of nitro groups is 1. The monoisotopic (exact) mass is 296 g/mol. The summed E-state index contributed by atoms with van der Waals surface area (Å²) in [5, 5.41) is 13.8. The lowest BCUT2D eigenvalue weighted by Crippen LogP contribution is -2.18. The topological polar surface area (TPSA) is 94.1 Å². The molecule has 0 spiro atoms. The molecule has 7 nitrogen and oxygen atoms in total. The summed E-state index contributed by atoms with van der Waals surface area (Å²) in [5.41, 5.74) is -0.195. The maximum atomic E-state index is 10.9. The quantitative estimate of drug-likeness (QED) is 0.500. The molecule has 2 aromatic rings. The predicted molar refractivity (Wildman–Crippen MR) is 73.8 cm³/mol. The lowest BCUT2D eigenvalue weighted by molar-refractivity contribution is -0.384. The third-order valence-corrected chi connectivity index (χ3v) is 2.91. The molecule has 0 aliphatic rings. The van der Waals surface area contributed by atoms with Crippen LogP contribution in [0.2, 0.25) is 5.28 Å². The van der Waals surface area contributed by atoms with Gasteiger partial charge in [-0.25, -0.2) is 4.98 Å². The van der Waals surface area contributed by atoms with Crippen LogP contribution in [0.5, 0.6) is 0 Å². The van der Waals surface area contributed by atoms with Crippen molar-refractivity contribution in [2.45, 2.75) is 25.8 Å². The summed E-state index contributed by atoms with van der Waals surface area (Å²) in [7, 11) is 0. The first-order valence-electron chi connectivity index (χ1n) is 6.02. The summed E-state index contributed by atoms with van der Waals surface area (Å²) in [6.45, 7) is 1.91. The maximum absolute atomic E-state index is 10.9. The van der Waals surface area contributed by atoms with Gasteiger partial charge in [0, 0.05) is 12.5 Å². The molecule has 0 bridgehead atoms. The summed E-state index contributed by atoms with van der Waals surface area (Å²) < 4.78 is 5.23. The summed E-state index contributed by atoms with van der Waals surface area (Å²) >= 11 is 5.66. The molecule has 2 heterocycles. The number of halogens is 1. The summed E-state index contributed by atoms with van der Waals surface area (Å²) in [6.07, 6.45) is 4.18. The maximum Gasteiger partial charge on any atom is 0.329 e. The molecule has 20 heavy (non-hydrogen) atoms. The number of hydrogen-bond donors (Lipinski definition) is 1. The van der Waals surface area contributed by atoms with Crippen LogP contribution in [0.1, 0.15) is 19.1 Å². The van der Waals surface area contributed by atoms with Gasteiger partial charge < -0.3 is 9.73 Å². The van der Waals surface area contributed by atoms with E-state index in [1.165, 1.54) is 0 Å². The third-order valence-electron chi connectivity index (χ3n) is 2.72. The normalized spacial score (nSPS) is 12.1. The molecule has 1 atom stereocenters. The summed E-state index contributed by atoms with van der Waals surface area (Å²) in [4.78, 5) is 17.8. The van der Waals surface area contributed by atoms with Gasteiger partial charge in [0.25, 0.3) is 0 Å². The number of hydrogen-bond acceptors (Lipinski definition) is 6. The van der Waals surface area contributed by atoms with Crippen molar-refractivity contribution in [2.24, 2.45) is 0 Å². The molecule has 106 valence electrons. The molecule has 0 aromatic carbocycles. The molecule has 2 rings (SSSR count). The average molecular weight is 297 g/mol. The zero-order valence-electron chi connectivity index (χ0n) is 10.7. The van der Waals surface area contributed by atoms with E-state index in [0.29, 0.717) is 0 Å². The second-order valence-electron chi connectivity index (χ2n) is 4.29. The number of aromatic nitrogens is 2. The molecule has 2 aromatic heterocycles. The fourth-order valence-corrected chi connectivity index (χ4v) is 1.85. The van der Waals surface area contributed by atoms with Crippen LogP contribution in [0.25, 0.3) is 0 Å². The van der Waals surface area contributed by atoms with Crippen LogP contribution < -0.4 is 5.32 Å². The van der Waals surface area contributed by atoms with E-state index in [4.69, 9.17) is 16.0 Å². The second-order valence-corrected chi connectivity index (χ2v) is 4.63. The van der Waals surface area contributed by atoms with Gasteiger partial charge in [0.1, 0.15) is 12.0 Å². The molecule has 0 fully saturated rings. The highest BCUT2D eigenvalue weighted by Crippen LogP contribution is 2.23. The van der Waals surface area contributed by atoms with E-state index in [1.54, 1.807) is 6.26 Å². The summed E-state index contributed by atoms with van der Waals surface area (Å²) in [5.74, 6) is 0.996. The van der Waals surface area contributed by atoms with Gasteiger partial charge in [-0.2, -0.15) is 4.98 Å². The largest absolute Gasteiger partial charge is 0.469 e. The zero-order chi connectivity index (χ0) is 14.5. The Labute approximate surface area is 120 Å². The van der Waals surface area contributed by atoms with Crippen molar-refractivity contribution in [3.63, 3.8) is 0 Å². The van der Waals surface area contributed by atoms with Crippen molar-refractivity contribution in [3.05, 3.63) is 45.8 Å². The average Bonchev–Trinajstić information content (AvgIpc) is 2.89. The van der Waals surface area contributed by atoms with E-state index in [-0.39, 0.29) is 22.8 Å². The molecular formula is C12H13ClN4O3. The Kier molecular flexibility index (Phi) is 4.52. The molecule has 0 radical (unpaired) electrons. The van der Waals surface area contributed by atoms with Crippen LogP contribution in [-0.4, -0.2) is 20.9 Å².